The molecule has 0 aliphatic heterocycles. The van der Waals surface area contributed by atoms with E-state index in [0.29, 0.717) is 17.9 Å². The van der Waals surface area contributed by atoms with Crippen molar-refractivity contribution in [3.05, 3.63) is 59.2 Å². The van der Waals surface area contributed by atoms with Crippen molar-refractivity contribution in [2.75, 3.05) is 6.54 Å². The van der Waals surface area contributed by atoms with Gasteiger partial charge in [-0.15, -0.1) is 0 Å². The fourth-order valence-corrected chi connectivity index (χ4v) is 2.00. The summed E-state index contributed by atoms with van der Waals surface area (Å²) in [5, 5.41) is 3.21. The fourth-order valence-electron chi connectivity index (χ4n) is 2.00. The van der Waals surface area contributed by atoms with Crippen LogP contribution in [0.4, 0.5) is 8.78 Å². The number of aryl methyl sites for hydroxylation is 1. The Balaban J connectivity index is 2.27. The third-order valence-electron chi connectivity index (χ3n) is 3.15. The van der Waals surface area contributed by atoms with E-state index in [1.54, 1.807) is 25.1 Å². The first kappa shape index (κ1) is 15.4. The van der Waals surface area contributed by atoms with E-state index in [9.17, 15) is 8.78 Å². The lowest BCUT2D eigenvalue weighted by Crippen LogP contribution is -2.14. The monoisotopic (exact) mass is 291 g/mol. The molecule has 0 heterocycles. The molecule has 2 aromatic rings. The van der Waals surface area contributed by atoms with Crippen LogP contribution >= 0.6 is 0 Å². The predicted octanol–water partition coefficient (Wildman–Crippen LogP) is 4.57. The number of hydrogen-bond donors (Lipinski definition) is 1. The van der Waals surface area contributed by atoms with E-state index < -0.39 is 11.6 Å². The second kappa shape index (κ2) is 7.18. The van der Waals surface area contributed by atoms with E-state index in [0.717, 1.165) is 18.5 Å². The summed E-state index contributed by atoms with van der Waals surface area (Å²) in [5.74, 6) is -0.376. The number of benzene rings is 2. The molecule has 0 saturated carbocycles. The van der Waals surface area contributed by atoms with Gasteiger partial charge in [-0.1, -0.05) is 25.1 Å². The quantitative estimate of drug-likeness (QED) is 0.787. The highest BCUT2D eigenvalue weighted by Crippen LogP contribution is 2.30. The van der Waals surface area contributed by atoms with Crippen LogP contribution in [-0.4, -0.2) is 6.54 Å². The Labute approximate surface area is 123 Å². The lowest BCUT2D eigenvalue weighted by atomic mass is 10.1. The number of nitrogens with one attached hydrogen (secondary N) is 1. The van der Waals surface area contributed by atoms with Gasteiger partial charge in [0.2, 0.25) is 0 Å². The molecule has 0 aliphatic rings. The van der Waals surface area contributed by atoms with Crippen molar-refractivity contribution in [1.82, 2.24) is 5.32 Å². The van der Waals surface area contributed by atoms with Crippen molar-refractivity contribution >= 4 is 0 Å². The Hall–Kier alpha value is -1.94. The Morgan fingerprint density at radius 1 is 1.14 bits per heavy atom. The third-order valence-corrected chi connectivity index (χ3v) is 3.15. The minimum absolute atomic E-state index is 0.148. The van der Waals surface area contributed by atoms with E-state index in [1.165, 1.54) is 18.2 Å². The largest absolute Gasteiger partial charge is 0.454 e. The second-order valence-corrected chi connectivity index (χ2v) is 4.92. The van der Waals surface area contributed by atoms with Gasteiger partial charge in [-0.05, 0) is 37.6 Å². The molecule has 2 nitrogen and oxygen atoms in total. The average Bonchev–Trinajstić information content (AvgIpc) is 2.46. The highest BCUT2D eigenvalue weighted by molar-refractivity contribution is 5.42. The molecule has 21 heavy (non-hydrogen) atoms. The van der Waals surface area contributed by atoms with Crippen molar-refractivity contribution in [2.24, 2.45) is 0 Å². The van der Waals surface area contributed by atoms with Gasteiger partial charge in [0.15, 0.2) is 11.6 Å². The lowest BCUT2D eigenvalue weighted by molar-refractivity contribution is 0.428. The van der Waals surface area contributed by atoms with Crippen LogP contribution in [0.3, 0.4) is 0 Å². The van der Waals surface area contributed by atoms with Crippen LogP contribution in [0.25, 0.3) is 0 Å². The van der Waals surface area contributed by atoms with Crippen LogP contribution in [0.5, 0.6) is 11.5 Å². The summed E-state index contributed by atoms with van der Waals surface area (Å²) in [6, 6.07) is 9.02. The SMILES string of the molecule is CCCNCc1cccc(F)c1Oc1cc(F)ccc1C. The lowest BCUT2D eigenvalue weighted by Gasteiger charge is -2.14. The van der Waals surface area contributed by atoms with Crippen LogP contribution in [0.1, 0.15) is 24.5 Å². The first-order chi connectivity index (χ1) is 10.1. The van der Waals surface area contributed by atoms with Crippen molar-refractivity contribution < 1.29 is 13.5 Å². The maximum atomic E-state index is 14.0. The molecule has 1 N–H and O–H groups in total. The molecule has 2 rings (SSSR count). The third kappa shape index (κ3) is 4.02. The van der Waals surface area contributed by atoms with Gasteiger partial charge >= 0.3 is 0 Å². The van der Waals surface area contributed by atoms with Crippen LogP contribution in [-0.2, 0) is 6.54 Å². The standard InChI is InChI=1S/C17H19F2NO/c1-3-9-20-11-13-5-4-6-15(19)17(13)21-16-10-14(18)8-7-12(16)2/h4-8,10,20H,3,9,11H2,1-2H3. The smallest absolute Gasteiger partial charge is 0.167 e. The minimum Gasteiger partial charge on any atom is -0.454 e. The molecule has 112 valence electrons. The zero-order valence-corrected chi connectivity index (χ0v) is 12.2. The molecular formula is C17H19F2NO. The van der Waals surface area contributed by atoms with Gasteiger partial charge < -0.3 is 10.1 Å². The Morgan fingerprint density at radius 2 is 1.95 bits per heavy atom. The van der Waals surface area contributed by atoms with Gasteiger partial charge in [0.05, 0.1) is 0 Å². The summed E-state index contributed by atoms with van der Waals surface area (Å²) in [4.78, 5) is 0. The van der Waals surface area contributed by atoms with Crippen LogP contribution in [0.2, 0.25) is 0 Å². The first-order valence-electron chi connectivity index (χ1n) is 7.04. The zero-order valence-electron chi connectivity index (χ0n) is 12.2. The molecule has 0 saturated heterocycles. The van der Waals surface area contributed by atoms with Crippen LogP contribution < -0.4 is 10.1 Å². The van der Waals surface area contributed by atoms with Gasteiger partial charge in [0.1, 0.15) is 11.6 Å². The summed E-state index contributed by atoms with van der Waals surface area (Å²) >= 11 is 0. The summed E-state index contributed by atoms with van der Waals surface area (Å²) in [7, 11) is 0. The minimum atomic E-state index is -0.450. The van der Waals surface area contributed by atoms with E-state index in [2.05, 4.69) is 12.2 Å². The summed E-state index contributed by atoms with van der Waals surface area (Å²) in [6.07, 6.45) is 0.995. The summed E-state index contributed by atoms with van der Waals surface area (Å²) in [6.45, 7) is 5.21. The van der Waals surface area contributed by atoms with Gasteiger partial charge in [-0.2, -0.15) is 0 Å². The molecule has 0 fully saturated rings. The number of ether oxygens (including phenoxy) is 1. The molecule has 0 bridgehead atoms. The Morgan fingerprint density at radius 3 is 2.71 bits per heavy atom. The average molecular weight is 291 g/mol. The Bertz CT molecular complexity index is 614. The topological polar surface area (TPSA) is 21.3 Å². The van der Waals surface area contributed by atoms with E-state index in [-0.39, 0.29) is 5.75 Å². The van der Waals surface area contributed by atoms with E-state index in [1.807, 2.05) is 0 Å². The zero-order chi connectivity index (χ0) is 15.2. The number of rotatable bonds is 6. The molecule has 4 heteroatoms. The molecule has 0 aliphatic carbocycles. The van der Waals surface area contributed by atoms with Crippen molar-refractivity contribution in [3.63, 3.8) is 0 Å². The van der Waals surface area contributed by atoms with Crippen molar-refractivity contribution in [1.29, 1.82) is 0 Å². The predicted molar refractivity (Wildman–Crippen MR) is 79.6 cm³/mol. The van der Waals surface area contributed by atoms with Crippen molar-refractivity contribution in [2.45, 2.75) is 26.8 Å². The van der Waals surface area contributed by atoms with Gasteiger partial charge in [0.25, 0.3) is 0 Å². The Kier molecular flexibility index (Phi) is 5.28. The van der Waals surface area contributed by atoms with Crippen LogP contribution in [0, 0.1) is 18.6 Å². The number of para-hydroxylation sites is 1. The molecule has 0 spiro atoms. The molecule has 0 atom stereocenters. The van der Waals surface area contributed by atoms with Gasteiger partial charge in [-0.25, -0.2) is 8.78 Å². The van der Waals surface area contributed by atoms with E-state index >= 15 is 0 Å². The number of hydrogen-bond acceptors (Lipinski definition) is 2. The molecule has 2 aromatic carbocycles. The first-order valence-corrected chi connectivity index (χ1v) is 7.04. The molecule has 0 radical (unpaired) electrons. The maximum absolute atomic E-state index is 14.0. The van der Waals surface area contributed by atoms with Gasteiger partial charge in [0, 0.05) is 18.2 Å². The van der Waals surface area contributed by atoms with Crippen LogP contribution in [0.15, 0.2) is 36.4 Å². The van der Waals surface area contributed by atoms with Gasteiger partial charge in [-0.3, -0.25) is 0 Å². The van der Waals surface area contributed by atoms with E-state index in [4.69, 9.17) is 4.74 Å². The fraction of sp³-hybridized carbons (Fsp3) is 0.294. The highest BCUT2D eigenvalue weighted by atomic mass is 19.1. The highest BCUT2D eigenvalue weighted by Gasteiger charge is 2.12. The maximum Gasteiger partial charge on any atom is 0.167 e. The molecule has 0 unspecified atom stereocenters. The second-order valence-electron chi connectivity index (χ2n) is 4.92. The molecule has 0 amide bonds. The normalized spacial score (nSPS) is 10.7. The number of halogens is 2. The summed E-state index contributed by atoms with van der Waals surface area (Å²) < 4.78 is 33.0. The summed E-state index contributed by atoms with van der Waals surface area (Å²) in [5.41, 5.74) is 1.47. The molecule has 0 aromatic heterocycles. The van der Waals surface area contributed by atoms with Crippen molar-refractivity contribution in [3.8, 4) is 11.5 Å². The molecular weight excluding hydrogens is 272 g/mol.